The number of methoxy groups -OCH3 is 1. The highest BCUT2D eigenvalue weighted by Gasteiger charge is 2.41. The van der Waals surface area contributed by atoms with E-state index in [0.717, 1.165) is 18.7 Å². The Kier molecular flexibility index (Phi) is 6.66. The Morgan fingerprint density at radius 3 is 2.48 bits per heavy atom. The quantitative estimate of drug-likeness (QED) is 0.757. The van der Waals surface area contributed by atoms with E-state index in [1.54, 1.807) is 7.11 Å². The molecule has 4 rings (SSSR count). The molecule has 2 aliphatic rings. The molecule has 158 valence electrons. The van der Waals surface area contributed by atoms with Gasteiger partial charge in [-0.25, -0.2) is 0 Å². The standard InChI is InChI=1S/C22H27NO.CH4O3S/c1-22(14-7-10-19-20(22)11-6-12-21(19)24-2)23-15-13-18(16-23)17-8-4-3-5-9-17;1-5(2,3)4/h3-6,8-9,11-12,18H,7,10,13-16H2,1-2H3;1H3,(H,2,3,4). The van der Waals surface area contributed by atoms with E-state index in [1.165, 1.54) is 42.5 Å². The summed E-state index contributed by atoms with van der Waals surface area (Å²) in [4.78, 5) is 2.72. The third kappa shape index (κ3) is 5.18. The summed E-state index contributed by atoms with van der Waals surface area (Å²) in [6.07, 6.45) is 5.61. The number of nitrogens with zero attached hydrogens (tertiary/aromatic N) is 1. The third-order valence-corrected chi connectivity index (χ3v) is 6.18. The highest BCUT2D eigenvalue weighted by Crippen LogP contribution is 2.45. The second kappa shape index (κ2) is 8.86. The van der Waals surface area contributed by atoms with Crippen LogP contribution in [-0.2, 0) is 22.1 Å². The first-order valence-electron chi connectivity index (χ1n) is 10.1. The number of likely N-dealkylation sites (tertiary alicyclic amines) is 1. The molecular weight excluding hydrogens is 386 g/mol. The lowest BCUT2D eigenvalue weighted by atomic mass is 9.76. The molecule has 1 heterocycles. The zero-order valence-electron chi connectivity index (χ0n) is 17.5. The van der Waals surface area contributed by atoms with Gasteiger partial charge in [0.15, 0.2) is 0 Å². The van der Waals surface area contributed by atoms with Crippen molar-refractivity contribution in [1.29, 1.82) is 0 Å². The molecule has 0 amide bonds. The Bertz CT molecular complexity index is 921. The van der Waals surface area contributed by atoms with E-state index in [2.05, 4.69) is 60.4 Å². The normalized spacial score (nSPS) is 24.3. The summed E-state index contributed by atoms with van der Waals surface area (Å²) >= 11 is 0. The van der Waals surface area contributed by atoms with Crippen molar-refractivity contribution in [3.63, 3.8) is 0 Å². The van der Waals surface area contributed by atoms with Crippen LogP contribution >= 0.6 is 0 Å². The van der Waals surface area contributed by atoms with Gasteiger partial charge in [0.05, 0.1) is 13.4 Å². The molecular formula is C23H31NO4S. The summed E-state index contributed by atoms with van der Waals surface area (Å²) in [6.45, 7) is 4.79. The van der Waals surface area contributed by atoms with Gasteiger partial charge < -0.3 is 4.74 Å². The molecule has 29 heavy (non-hydrogen) atoms. The maximum atomic E-state index is 9.19. The molecule has 0 radical (unpaired) electrons. The van der Waals surface area contributed by atoms with Gasteiger partial charge in [-0.15, -0.1) is 0 Å². The van der Waals surface area contributed by atoms with Crippen LogP contribution in [0.1, 0.15) is 48.8 Å². The fourth-order valence-electron chi connectivity index (χ4n) is 4.80. The average molecular weight is 418 g/mol. The second-order valence-corrected chi connectivity index (χ2v) is 9.66. The molecule has 2 aromatic carbocycles. The fourth-order valence-corrected chi connectivity index (χ4v) is 4.80. The Hall–Kier alpha value is -1.89. The zero-order chi connectivity index (χ0) is 21.1. The minimum Gasteiger partial charge on any atom is -0.496 e. The molecule has 1 aliphatic carbocycles. The Morgan fingerprint density at radius 2 is 1.83 bits per heavy atom. The minimum absolute atomic E-state index is 0.144. The molecule has 2 atom stereocenters. The summed E-state index contributed by atoms with van der Waals surface area (Å²) in [7, 11) is -1.87. The summed E-state index contributed by atoms with van der Waals surface area (Å²) in [5.74, 6) is 1.73. The smallest absolute Gasteiger partial charge is 0.261 e. The van der Waals surface area contributed by atoms with E-state index >= 15 is 0 Å². The number of hydrogen-bond donors (Lipinski definition) is 1. The topological polar surface area (TPSA) is 66.8 Å². The minimum atomic E-state index is -3.67. The number of ether oxygens (including phenoxy) is 1. The molecule has 6 heteroatoms. The van der Waals surface area contributed by atoms with Crippen LogP contribution in [0.5, 0.6) is 5.75 Å². The van der Waals surface area contributed by atoms with E-state index in [0.29, 0.717) is 12.2 Å². The molecule has 2 unspecified atom stereocenters. The van der Waals surface area contributed by atoms with Crippen molar-refractivity contribution in [2.75, 3.05) is 26.5 Å². The molecule has 1 fully saturated rings. The predicted molar refractivity (Wildman–Crippen MR) is 116 cm³/mol. The highest BCUT2D eigenvalue weighted by atomic mass is 32.2. The lowest BCUT2D eigenvalue weighted by molar-refractivity contribution is 0.111. The second-order valence-electron chi connectivity index (χ2n) is 8.19. The summed E-state index contributed by atoms with van der Waals surface area (Å²) in [6, 6.07) is 17.6. The maximum Gasteiger partial charge on any atom is 0.261 e. The molecule has 0 saturated carbocycles. The van der Waals surface area contributed by atoms with Gasteiger partial charge in [-0.3, -0.25) is 9.45 Å². The molecule has 1 saturated heterocycles. The van der Waals surface area contributed by atoms with Crippen molar-refractivity contribution in [3.05, 3.63) is 65.2 Å². The van der Waals surface area contributed by atoms with Crippen LogP contribution in [0.2, 0.25) is 0 Å². The van der Waals surface area contributed by atoms with E-state index in [4.69, 9.17) is 9.29 Å². The van der Waals surface area contributed by atoms with Crippen LogP contribution in [-0.4, -0.2) is 44.3 Å². The monoisotopic (exact) mass is 417 g/mol. The van der Waals surface area contributed by atoms with Gasteiger partial charge in [0, 0.05) is 12.1 Å². The third-order valence-electron chi connectivity index (χ3n) is 6.18. The van der Waals surface area contributed by atoms with Crippen LogP contribution < -0.4 is 4.74 Å². The Balaban J connectivity index is 0.000000431. The van der Waals surface area contributed by atoms with Crippen LogP contribution in [0, 0.1) is 0 Å². The molecule has 1 aliphatic heterocycles. The van der Waals surface area contributed by atoms with E-state index in [1.807, 2.05) is 0 Å². The van der Waals surface area contributed by atoms with Crippen LogP contribution in [0.4, 0.5) is 0 Å². The number of benzene rings is 2. The fraction of sp³-hybridized carbons (Fsp3) is 0.478. The summed E-state index contributed by atoms with van der Waals surface area (Å²) in [5, 5.41) is 0. The maximum absolute atomic E-state index is 9.19. The summed E-state index contributed by atoms with van der Waals surface area (Å²) in [5.41, 5.74) is 4.55. The molecule has 0 aromatic heterocycles. The molecule has 5 nitrogen and oxygen atoms in total. The lowest BCUT2D eigenvalue weighted by Gasteiger charge is -2.44. The van der Waals surface area contributed by atoms with Gasteiger partial charge in [-0.1, -0.05) is 42.5 Å². The summed E-state index contributed by atoms with van der Waals surface area (Å²) < 4.78 is 31.5. The largest absolute Gasteiger partial charge is 0.496 e. The first-order valence-corrected chi connectivity index (χ1v) is 12.0. The van der Waals surface area contributed by atoms with Gasteiger partial charge in [-0.05, 0) is 67.8 Å². The average Bonchev–Trinajstić information content (AvgIpc) is 3.18. The van der Waals surface area contributed by atoms with Crippen LogP contribution in [0.25, 0.3) is 0 Å². The molecule has 0 bridgehead atoms. The number of hydrogen-bond acceptors (Lipinski definition) is 4. The van der Waals surface area contributed by atoms with Crippen molar-refractivity contribution in [3.8, 4) is 5.75 Å². The number of fused-ring (bicyclic) bond motifs is 1. The van der Waals surface area contributed by atoms with Crippen molar-refractivity contribution >= 4 is 10.1 Å². The van der Waals surface area contributed by atoms with E-state index < -0.39 is 10.1 Å². The molecule has 1 N–H and O–H groups in total. The van der Waals surface area contributed by atoms with Gasteiger partial charge >= 0.3 is 0 Å². The first-order chi connectivity index (χ1) is 13.7. The lowest BCUT2D eigenvalue weighted by Crippen LogP contribution is -2.44. The SMILES string of the molecule is COc1cccc2c1CCCC2(C)N1CCC(c2ccccc2)C1.CS(=O)(=O)O. The van der Waals surface area contributed by atoms with Crippen molar-refractivity contribution in [2.24, 2.45) is 0 Å². The van der Waals surface area contributed by atoms with Crippen molar-refractivity contribution in [2.45, 2.75) is 44.1 Å². The number of rotatable bonds is 3. The Morgan fingerprint density at radius 1 is 1.14 bits per heavy atom. The van der Waals surface area contributed by atoms with Gasteiger partial charge in [0.1, 0.15) is 5.75 Å². The van der Waals surface area contributed by atoms with Gasteiger partial charge in [-0.2, -0.15) is 8.42 Å². The zero-order valence-corrected chi connectivity index (χ0v) is 18.3. The first kappa shape index (κ1) is 21.8. The molecule has 2 aromatic rings. The van der Waals surface area contributed by atoms with Crippen molar-refractivity contribution in [1.82, 2.24) is 4.90 Å². The van der Waals surface area contributed by atoms with E-state index in [-0.39, 0.29) is 5.54 Å². The molecule has 0 spiro atoms. The van der Waals surface area contributed by atoms with Crippen LogP contribution in [0.15, 0.2) is 48.5 Å². The van der Waals surface area contributed by atoms with Crippen LogP contribution in [0.3, 0.4) is 0 Å². The Labute approximate surface area is 174 Å². The highest BCUT2D eigenvalue weighted by molar-refractivity contribution is 7.85. The van der Waals surface area contributed by atoms with E-state index in [9.17, 15) is 8.42 Å². The van der Waals surface area contributed by atoms with Gasteiger partial charge in [0.2, 0.25) is 0 Å². The predicted octanol–water partition coefficient (Wildman–Crippen LogP) is 4.24. The van der Waals surface area contributed by atoms with Gasteiger partial charge in [0.25, 0.3) is 10.1 Å². The van der Waals surface area contributed by atoms with Crippen molar-refractivity contribution < 1.29 is 17.7 Å².